The molecule has 0 aliphatic rings. The number of carboxylic acid groups (broad SMARTS) is 1. The number of ether oxygens (including phenoxy) is 1. The van der Waals surface area contributed by atoms with Gasteiger partial charge in [0.1, 0.15) is 5.75 Å². The Kier molecular flexibility index (Phi) is 5.00. The number of anilines is 2. The van der Waals surface area contributed by atoms with Crippen molar-refractivity contribution < 1.29 is 14.6 Å². The Bertz CT molecular complexity index is 871. The molecule has 5 nitrogen and oxygen atoms in total. The van der Waals surface area contributed by atoms with Gasteiger partial charge in [-0.1, -0.05) is 29.8 Å². The Morgan fingerprint density at radius 3 is 2.44 bits per heavy atom. The minimum atomic E-state index is -0.868. The van der Waals surface area contributed by atoms with Gasteiger partial charge in [0.15, 0.2) is 5.13 Å². The first-order chi connectivity index (χ1) is 12.0. The van der Waals surface area contributed by atoms with Gasteiger partial charge in [0, 0.05) is 16.1 Å². The Labute approximate surface area is 149 Å². The summed E-state index contributed by atoms with van der Waals surface area (Å²) in [6, 6.07) is 15.4. The average Bonchev–Trinajstić information content (AvgIpc) is 2.98. The third-order valence-corrected chi connectivity index (χ3v) is 4.65. The zero-order valence-corrected chi connectivity index (χ0v) is 14.8. The van der Waals surface area contributed by atoms with Crippen molar-refractivity contribution in [2.45, 2.75) is 13.3 Å². The lowest BCUT2D eigenvalue weighted by molar-refractivity contribution is -0.136. The van der Waals surface area contributed by atoms with Gasteiger partial charge in [-0.25, -0.2) is 4.98 Å². The van der Waals surface area contributed by atoms with E-state index in [1.807, 2.05) is 55.5 Å². The summed E-state index contributed by atoms with van der Waals surface area (Å²) in [5, 5.41) is 13.1. The fraction of sp³-hybridized carbons (Fsp3) is 0.158. The highest BCUT2D eigenvalue weighted by Crippen LogP contribution is 2.33. The first-order valence-corrected chi connectivity index (χ1v) is 8.56. The van der Waals surface area contributed by atoms with E-state index in [4.69, 9.17) is 4.74 Å². The molecule has 0 spiro atoms. The van der Waals surface area contributed by atoms with Gasteiger partial charge >= 0.3 is 5.97 Å². The molecule has 3 aromatic rings. The summed E-state index contributed by atoms with van der Waals surface area (Å²) in [7, 11) is 1.62. The molecule has 3 rings (SSSR count). The van der Waals surface area contributed by atoms with E-state index in [-0.39, 0.29) is 6.42 Å². The van der Waals surface area contributed by atoms with Crippen LogP contribution in [0, 0.1) is 6.92 Å². The van der Waals surface area contributed by atoms with E-state index in [1.165, 1.54) is 11.3 Å². The number of hydrogen-bond acceptors (Lipinski definition) is 5. The van der Waals surface area contributed by atoms with Crippen molar-refractivity contribution in [2.24, 2.45) is 0 Å². The zero-order valence-electron chi connectivity index (χ0n) is 13.9. The van der Waals surface area contributed by atoms with Gasteiger partial charge in [-0.05, 0) is 31.2 Å². The van der Waals surface area contributed by atoms with Crippen LogP contribution in [0.4, 0.5) is 10.8 Å². The normalized spacial score (nSPS) is 10.5. The molecule has 0 bridgehead atoms. The lowest BCUT2D eigenvalue weighted by Crippen LogP contribution is -1.99. The summed E-state index contributed by atoms with van der Waals surface area (Å²) >= 11 is 1.36. The number of thiazole rings is 1. The maximum absolute atomic E-state index is 11.2. The highest BCUT2D eigenvalue weighted by atomic mass is 32.1. The number of methoxy groups -OCH3 is 1. The topological polar surface area (TPSA) is 71.5 Å². The van der Waals surface area contributed by atoms with Gasteiger partial charge in [0.2, 0.25) is 0 Å². The molecule has 2 aromatic carbocycles. The van der Waals surface area contributed by atoms with Gasteiger partial charge < -0.3 is 15.2 Å². The van der Waals surface area contributed by atoms with Crippen molar-refractivity contribution in [3.8, 4) is 17.0 Å². The van der Waals surface area contributed by atoms with Crippen LogP contribution < -0.4 is 10.1 Å². The van der Waals surface area contributed by atoms with Crippen LogP contribution in [-0.2, 0) is 11.2 Å². The van der Waals surface area contributed by atoms with Crippen molar-refractivity contribution in [2.75, 3.05) is 12.4 Å². The fourth-order valence-corrected chi connectivity index (χ4v) is 3.39. The fourth-order valence-electron chi connectivity index (χ4n) is 2.40. The highest BCUT2D eigenvalue weighted by Gasteiger charge is 2.16. The van der Waals surface area contributed by atoms with Gasteiger partial charge in [-0.15, -0.1) is 11.3 Å². The van der Waals surface area contributed by atoms with Crippen LogP contribution in [0.1, 0.15) is 10.4 Å². The van der Waals surface area contributed by atoms with Crippen LogP contribution in [0.3, 0.4) is 0 Å². The van der Waals surface area contributed by atoms with Gasteiger partial charge in [-0.2, -0.15) is 0 Å². The number of aromatic nitrogens is 1. The second kappa shape index (κ2) is 7.36. The van der Waals surface area contributed by atoms with E-state index in [0.717, 1.165) is 27.4 Å². The second-order valence-corrected chi connectivity index (χ2v) is 6.66. The van der Waals surface area contributed by atoms with Crippen LogP contribution in [0.25, 0.3) is 11.3 Å². The Balaban J connectivity index is 1.91. The number of benzene rings is 2. The van der Waals surface area contributed by atoms with Crippen molar-refractivity contribution >= 4 is 28.1 Å². The zero-order chi connectivity index (χ0) is 17.8. The number of carbonyl (C=O) groups is 1. The molecule has 0 fully saturated rings. The van der Waals surface area contributed by atoms with Crippen molar-refractivity contribution in [3.63, 3.8) is 0 Å². The molecule has 0 aliphatic carbocycles. The number of nitrogens with zero attached hydrogens (tertiary/aromatic N) is 1. The largest absolute Gasteiger partial charge is 0.497 e. The summed E-state index contributed by atoms with van der Waals surface area (Å²) in [6.07, 6.45) is -0.0504. The van der Waals surface area contributed by atoms with Crippen LogP contribution in [0.5, 0.6) is 5.75 Å². The predicted octanol–water partition coefficient (Wildman–Crippen LogP) is 4.50. The van der Waals surface area contributed by atoms with E-state index in [9.17, 15) is 9.90 Å². The number of nitrogens with one attached hydrogen (secondary N) is 1. The third-order valence-electron chi connectivity index (χ3n) is 3.68. The summed E-state index contributed by atoms with van der Waals surface area (Å²) < 4.78 is 5.15. The predicted molar refractivity (Wildman–Crippen MR) is 99.9 cm³/mol. The molecule has 0 atom stereocenters. The summed E-state index contributed by atoms with van der Waals surface area (Å²) in [6.45, 7) is 2.01. The molecule has 0 unspecified atom stereocenters. The molecule has 128 valence electrons. The number of aryl methyl sites for hydroxylation is 1. The third kappa shape index (κ3) is 4.16. The second-order valence-electron chi connectivity index (χ2n) is 5.58. The van der Waals surface area contributed by atoms with E-state index in [2.05, 4.69) is 10.3 Å². The molecule has 1 aromatic heterocycles. The Hall–Kier alpha value is -2.86. The lowest BCUT2D eigenvalue weighted by Gasteiger charge is -2.04. The molecule has 0 radical (unpaired) electrons. The van der Waals surface area contributed by atoms with E-state index in [0.29, 0.717) is 10.8 Å². The standard InChI is InChI=1S/C19H18N2O3S/c1-12-3-5-13(6-4-12)18-16(11-17(22)23)25-19(21-18)20-14-7-9-15(24-2)10-8-14/h3-10H,11H2,1-2H3,(H,20,21)(H,22,23). The SMILES string of the molecule is COc1ccc(Nc2nc(-c3ccc(C)cc3)c(CC(=O)O)s2)cc1. The maximum Gasteiger partial charge on any atom is 0.308 e. The molecule has 6 heteroatoms. The first-order valence-electron chi connectivity index (χ1n) is 7.75. The molecule has 0 amide bonds. The summed E-state index contributed by atoms with van der Waals surface area (Å²) in [5.74, 6) is -0.0930. The number of carboxylic acids is 1. The van der Waals surface area contributed by atoms with Crippen LogP contribution in [0.15, 0.2) is 48.5 Å². The molecule has 25 heavy (non-hydrogen) atoms. The molecule has 2 N–H and O–H groups in total. The van der Waals surface area contributed by atoms with E-state index >= 15 is 0 Å². The average molecular weight is 354 g/mol. The smallest absolute Gasteiger partial charge is 0.308 e. The van der Waals surface area contributed by atoms with E-state index in [1.54, 1.807) is 7.11 Å². The van der Waals surface area contributed by atoms with Crippen molar-refractivity contribution in [1.82, 2.24) is 4.98 Å². The van der Waals surface area contributed by atoms with Crippen molar-refractivity contribution in [1.29, 1.82) is 0 Å². The first kappa shape index (κ1) is 17.0. The van der Waals surface area contributed by atoms with E-state index < -0.39 is 5.97 Å². The highest BCUT2D eigenvalue weighted by molar-refractivity contribution is 7.16. The molecular weight excluding hydrogens is 336 g/mol. The maximum atomic E-state index is 11.2. The Morgan fingerprint density at radius 2 is 1.84 bits per heavy atom. The number of hydrogen-bond donors (Lipinski definition) is 2. The van der Waals surface area contributed by atoms with Crippen molar-refractivity contribution in [3.05, 3.63) is 59.0 Å². The lowest BCUT2D eigenvalue weighted by atomic mass is 10.1. The molecule has 0 aliphatic heterocycles. The summed E-state index contributed by atoms with van der Waals surface area (Å²) in [5.41, 5.74) is 3.64. The summed E-state index contributed by atoms with van der Waals surface area (Å²) in [4.78, 5) is 16.5. The quantitative estimate of drug-likeness (QED) is 0.682. The van der Waals surface area contributed by atoms with Crippen LogP contribution in [0.2, 0.25) is 0 Å². The van der Waals surface area contributed by atoms with Crippen LogP contribution >= 0.6 is 11.3 Å². The Morgan fingerprint density at radius 1 is 1.16 bits per heavy atom. The van der Waals surface area contributed by atoms with Gasteiger partial charge in [0.05, 0.1) is 19.2 Å². The monoisotopic (exact) mass is 354 g/mol. The minimum Gasteiger partial charge on any atom is -0.497 e. The molecule has 0 saturated heterocycles. The number of aliphatic carboxylic acids is 1. The number of rotatable bonds is 6. The van der Waals surface area contributed by atoms with Gasteiger partial charge in [0.25, 0.3) is 0 Å². The molecule has 0 saturated carbocycles. The molecule has 1 heterocycles. The molecular formula is C19H18N2O3S. The van der Waals surface area contributed by atoms with Gasteiger partial charge in [-0.3, -0.25) is 4.79 Å². The van der Waals surface area contributed by atoms with Crippen LogP contribution in [-0.4, -0.2) is 23.2 Å². The minimum absolute atomic E-state index is 0.0504.